The van der Waals surface area contributed by atoms with Crippen LogP contribution in [-0.2, 0) is 24.4 Å². The third-order valence-electron chi connectivity index (χ3n) is 7.05. The lowest BCUT2D eigenvalue weighted by Crippen LogP contribution is -2.45. The first-order valence-electron chi connectivity index (χ1n) is 12.2. The molecule has 7 heteroatoms. The first-order valence-corrected chi connectivity index (χ1v) is 12.2. The first kappa shape index (κ1) is 21.7. The Labute approximate surface area is 203 Å². The number of aromatic nitrogens is 2. The maximum absolute atomic E-state index is 12.9. The van der Waals surface area contributed by atoms with Gasteiger partial charge in [-0.3, -0.25) is 14.2 Å². The third-order valence-corrected chi connectivity index (χ3v) is 7.05. The minimum Gasteiger partial charge on any atom is -0.489 e. The van der Waals surface area contributed by atoms with Crippen molar-refractivity contribution < 1.29 is 9.53 Å². The molecule has 0 spiro atoms. The van der Waals surface area contributed by atoms with E-state index in [0.717, 1.165) is 60.2 Å². The van der Waals surface area contributed by atoms with Gasteiger partial charge in [-0.05, 0) is 55.1 Å². The van der Waals surface area contributed by atoms with Gasteiger partial charge < -0.3 is 19.9 Å². The summed E-state index contributed by atoms with van der Waals surface area (Å²) >= 11 is 0. The number of nitrogens with one attached hydrogen (secondary N) is 2. The van der Waals surface area contributed by atoms with Crippen LogP contribution in [0.4, 0.5) is 0 Å². The fraction of sp³-hybridized carbons (Fsp3) is 0.286. The standard InChI is InChI=1S/C28H28N4O3/c33-27-16-21(35-18-19-5-2-1-3-6-19)10-14-32(27)20-8-9-22-23-11-13-31(17-26(23)30-25(22)15-20)28(34)24-7-4-12-29-24/h1-3,5-6,8-10,14-16,24,29-30H,4,7,11-13,17-18H2. The molecule has 4 heterocycles. The van der Waals surface area contributed by atoms with Crippen molar-refractivity contribution in [1.82, 2.24) is 19.8 Å². The number of carbonyl (C=O) groups is 1. The number of benzene rings is 2. The predicted octanol–water partition coefficient (Wildman–Crippen LogP) is 3.53. The van der Waals surface area contributed by atoms with Crippen LogP contribution in [0.2, 0.25) is 0 Å². The molecule has 2 aromatic heterocycles. The number of hydrogen-bond donors (Lipinski definition) is 2. The highest BCUT2D eigenvalue weighted by molar-refractivity contribution is 5.88. The summed E-state index contributed by atoms with van der Waals surface area (Å²) < 4.78 is 7.42. The summed E-state index contributed by atoms with van der Waals surface area (Å²) in [5, 5.41) is 4.47. The van der Waals surface area contributed by atoms with E-state index >= 15 is 0 Å². The van der Waals surface area contributed by atoms with E-state index < -0.39 is 0 Å². The monoisotopic (exact) mass is 468 g/mol. The Bertz CT molecular complexity index is 1430. The van der Waals surface area contributed by atoms with Crippen molar-refractivity contribution in [2.45, 2.75) is 38.5 Å². The number of hydrogen-bond acceptors (Lipinski definition) is 4. The number of H-pyrrole nitrogens is 1. The van der Waals surface area contributed by atoms with Crippen LogP contribution in [0.1, 0.15) is 29.7 Å². The van der Waals surface area contributed by atoms with Crippen molar-refractivity contribution in [2.75, 3.05) is 13.1 Å². The van der Waals surface area contributed by atoms with Crippen molar-refractivity contribution in [1.29, 1.82) is 0 Å². The summed E-state index contributed by atoms with van der Waals surface area (Å²) in [6.45, 7) is 2.68. The molecule has 2 aromatic carbocycles. The highest BCUT2D eigenvalue weighted by Gasteiger charge is 2.30. The van der Waals surface area contributed by atoms with Gasteiger partial charge in [0.05, 0.1) is 18.3 Å². The van der Waals surface area contributed by atoms with Crippen molar-refractivity contribution in [3.8, 4) is 11.4 Å². The number of carbonyl (C=O) groups excluding carboxylic acids is 1. The maximum atomic E-state index is 12.9. The fourth-order valence-electron chi connectivity index (χ4n) is 5.20. The van der Waals surface area contributed by atoms with E-state index in [0.29, 0.717) is 18.9 Å². The van der Waals surface area contributed by atoms with Gasteiger partial charge in [0.15, 0.2) is 0 Å². The van der Waals surface area contributed by atoms with Crippen LogP contribution in [0.25, 0.3) is 16.6 Å². The molecule has 0 saturated carbocycles. The molecule has 2 aliphatic rings. The molecular formula is C28H28N4O3. The second kappa shape index (κ2) is 9.07. The van der Waals surface area contributed by atoms with E-state index in [4.69, 9.17) is 4.74 Å². The summed E-state index contributed by atoms with van der Waals surface area (Å²) in [6.07, 6.45) is 4.56. The minimum absolute atomic E-state index is 0.0425. The molecule has 1 atom stereocenters. The molecule has 2 aliphatic heterocycles. The van der Waals surface area contributed by atoms with Crippen LogP contribution in [0, 0.1) is 0 Å². The number of aromatic amines is 1. The van der Waals surface area contributed by atoms with E-state index in [9.17, 15) is 9.59 Å². The lowest BCUT2D eigenvalue weighted by Gasteiger charge is -2.29. The lowest BCUT2D eigenvalue weighted by atomic mass is 10.0. The quantitative estimate of drug-likeness (QED) is 0.470. The van der Waals surface area contributed by atoms with Crippen molar-refractivity contribution in [3.05, 3.63) is 94.0 Å². The Morgan fingerprint density at radius 1 is 1.09 bits per heavy atom. The second-order valence-corrected chi connectivity index (χ2v) is 9.32. The summed E-state index contributed by atoms with van der Waals surface area (Å²) in [5.74, 6) is 0.752. The molecule has 0 radical (unpaired) electrons. The summed E-state index contributed by atoms with van der Waals surface area (Å²) in [7, 11) is 0. The summed E-state index contributed by atoms with van der Waals surface area (Å²) in [5.41, 5.74) is 5.04. The van der Waals surface area contributed by atoms with E-state index in [2.05, 4.69) is 16.4 Å². The number of nitrogens with zero attached hydrogens (tertiary/aromatic N) is 2. The zero-order valence-corrected chi connectivity index (χ0v) is 19.5. The number of amides is 1. The van der Waals surface area contributed by atoms with Gasteiger partial charge in [-0.15, -0.1) is 0 Å². The van der Waals surface area contributed by atoms with E-state index in [1.54, 1.807) is 10.8 Å². The zero-order chi connectivity index (χ0) is 23.8. The lowest BCUT2D eigenvalue weighted by molar-refractivity contribution is -0.134. The molecule has 2 N–H and O–H groups in total. The molecule has 1 fully saturated rings. The smallest absolute Gasteiger partial charge is 0.258 e. The fourth-order valence-corrected chi connectivity index (χ4v) is 5.20. The molecule has 178 valence electrons. The number of fused-ring (bicyclic) bond motifs is 3. The van der Waals surface area contributed by atoms with Crippen LogP contribution in [0.3, 0.4) is 0 Å². The maximum Gasteiger partial charge on any atom is 0.258 e. The Morgan fingerprint density at radius 2 is 1.97 bits per heavy atom. The van der Waals surface area contributed by atoms with Crippen LogP contribution >= 0.6 is 0 Å². The largest absolute Gasteiger partial charge is 0.489 e. The Morgan fingerprint density at radius 3 is 2.77 bits per heavy atom. The van der Waals surface area contributed by atoms with Gasteiger partial charge in [0.25, 0.3) is 5.56 Å². The van der Waals surface area contributed by atoms with Crippen LogP contribution < -0.4 is 15.6 Å². The summed E-state index contributed by atoms with van der Waals surface area (Å²) in [4.78, 5) is 31.2. The molecule has 1 unspecified atom stereocenters. The van der Waals surface area contributed by atoms with E-state index in [1.165, 1.54) is 11.6 Å². The molecule has 1 amide bonds. The molecule has 1 saturated heterocycles. The second-order valence-electron chi connectivity index (χ2n) is 9.32. The van der Waals surface area contributed by atoms with Crippen LogP contribution in [-0.4, -0.2) is 39.5 Å². The van der Waals surface area contributed by atoms with Crippen molar-refractivity contribution >= 4 is 16.8 Å². The zero-order valence-electron chi connectivity index (χ0n) is 19.5. The molecule has 0 aliphatic carbocycles. The molecule has 35 heavy (non-hydrogen) atoms. The van der Waals surface area contributed by atoms with Crippen molar-refractivity contribution in [3.63, 3.8) is 0 Å². The minimum atomic E-state index is -0.146. The van der Waals surface area contributed by atoms with E-state index in [-0.39, 0.29) is 17.5 Å². The van der Waals surface area contributed by atoms with Crippen molar-refractivity contribution in [2.24, 2.45) is 0 Å². The molecule has 4 aromatic rings. The molecule has 6 rings (SSSR count). The predicted molar refractivity (Wildman–Crippen MR) is 135 cm³/mol. The number of rotatable bonds is 5. The average Bonchev–Trinajstić information content (AvgIpc) is 3.55. The first-order chi connectivity index (χ1) is 17.2. The van der Waals surface area contributed by atoms with Crippen LogP contribution in [0.15, 0.2) is 71.7 Å². The molecule has 0 bridgehead atoms. The number of pyridine rings is 1. The SMILES string of the molecule is O=C(C1CCCN1)N1CCc2c([nH]c3cc(-n4ccc(OCc5ccccc5)cc4=O)ccc23)C1. The molecule has 7 nitrogen and oxygen atoms in total. The van der Waals surface area contributed by atoms with Gasteiger partial charge in [-0.2, -0.15) is 0 Å². The number of ether oxygens (including phenoxy) is 1. The van der Waals surface area contributed by atoms with Crippen LogP contribution in [0.5, 0.6) is 5.75 Å². The van der Waals surface area contributed by atoms with Gasteiger partial charge in [0.2, 0.25) is 5.91 Å². The highest BCUT2D eigenvalue weighted by Crippen LogP contribution is 2.29. The van der Waals surface area contributed by atoms with Gasteiger partial charge in [0.1, 0.15) is 12.4 Å². The Hall–Kier alpha value is -3.84. The Kier molecular flexibility index (Phi) is 5.62. The highest BCUT2D eigenvalue weighted by atomic mass is 16.5. The van der Waals surface area contributed by atoms with Gasteiger partial charge in [-0.1, -0.05) is 36.4 Å². The normalized spacial score (nSPS) is 17.5. The van der Waals surface area contributed by atoms with Gasteiger partial charge >= 0.3 is 0 Å². The molecular weight excluding hydrogens is 440 g/mol. The van der Waals surface area contributed by atoms with Gasteiger partial charge in [0, 0.05) is 35.4 Å². The van der Waals surface area contributed by atoms with Gasteiger partial charge in [-0.25, -0.2) is 0 Å². The third kappa shape index (κ3) is 4.23. The Balaban J connectivity index is 1.21. The average molecular weight is 469 g/mol. The summed E-state index contributed by atoms with van der Waals surface area (Å²) in [6, 6.07) is 19.2. The van der Waals surface area contributed by atoms with E-state index in [1.807, 2.05) is 53.4 Å². The topological polar surface area (TPSA) is 79.4 Å².